The van der Waals surface area contributed by atoms with Crippen molar-refractivity contribution in [1.29, 1.82) is 0 Å². The number of rotatable bonds is 4. The van der Waals surface area contributed by atoms with Gasteiger partial charge in [-0.25, -0.2) is 4.39 Å². The van der Waals surface area contributed by atoms with Gasteiger partial charge in [0.05, 0.1) is 0 Å². The van der Waals surface area contributed by atoms with Crippen LogP contribution in [-0.2, 0) is 4.79 Å². The predicted molar refractivity (Wildman–Crippen MR) is 74.9 cm³/mol. The molecule has 3 nitrogen and oxygen atoms in total. The molecule has 1 fully saturated rings. The molecule has 1 aliphatic heterocycles. The Morgan fingerprint density at radius 1 is 1.16 bits per heavy atom. The van der Waals surface area contributed by atoms with Gasteiger partial charge in [0.25, 0.3) is 0 Å². The molecule has 1 aromatic rings. The molecule has 0 N–H and O–H groups in total. The lowest BCUT2D eigenvalue weighted by atomic mass is 9.95. The maximum atomic E-state index is 12.9. The molecule has 19 heavy (non-hydrogen) atoms. The Morgan fingerprint density at radius 2 is 1.74 bits per heavy atom. The number of carbonyl (C=O) groups excluding carboxylic acids is 1. The van der Waals surface area contributed by atoms with E-state index in [0.717, 1.165) is 44.7 Å². The van der Waals surface area contributed by atoms with Gasteiger partial charge in [-0.3, -0.25) is 4.90 Å². The van der Waals surface area contributed by atoms with Crippen molar-refractivity contribution in [3.05, 3.63) is 30.1 Å². The highest BCUT2D eigenvalue weighted by atomic mass is 19.1. The number of benzene rings is 1. The lowest BCUT2D eigenvalue weighted by Gasteiger charge is -2.38. The topological polar surface area (TPSA) is 23.6 Å². The maximum absolute atomic E-state index is 12.9. The minimum Gasteiger partial charge on any atom is -0.369 e. The fourth-order valence-corrected chi connectivity index (χ4v) is 2.43. The third-order valence-corrected chi connectivity index (χ3v) is 3.51. The maximum Gasteiger partial charge on any atom is 0.126 e. The Hall–Kier alpha value is -1.42. The second-order valence-corrected chi connectivity index (χ2v) is 5.85. The van der Waals surface area contributed by atoms with E-state index < -0.39 is 0 Å². The molecular formula is C15H21FN2O. The normalized spacial score (nSPS) is 17.5. The lowest BCUT2D eigenvalue weighted by Crippen LogP contribution is -2.49. The van der Waals surface area contributed by atoms with Gasteiger partial charge < -0.3 is 9.69 Å². The van der Waals surface area contributed by atoms with Crippen molar-refractivity contribution in [2.24, 2.45) is 5.41 Å². The molecule has 0 bridgehead atoms. The Bertz CT molecular complexity index is 422. The van der Waals surface area contributed by atoms with Gasteiger partial charge in [0.2, 0.25) is 0 Å². The molecule has 0 aromatic heterocycles. The Kier molecular flexibility index (Phi) is 4.20. The number of carbonyl (C=O) groups is 1. The summed E-state index contributed by atoms with van der Waals surface area (Å²) in [5.74, 6) is -0.199. The van der Waals surface area contributed by atoms with E-state index in [2.05, 4.69) is 9.80 Å². The van der Waals surface area contributed by atoms with Crippen LogP contribution in [0.2, 0.25) is 0 Å². The van der Waals surface area contributed by atoms with E-state index in [1.807, 2.05) is 26.0 Å². The van der Waals surface area contributed by atoms with Crippen LogP contribution in [0.15, 0.2) is 24.3 Å². The van der Waals surface area contributed by atoms with E-state index >= 15 is 0 Å². The molecular weight excluding hydrogens is 243 g/mol. The molecule has 4 heteroatoms. The molecule has 0 spiro atoms. The first kappa shape index (κ1) is 14.0. The van der Waals surface area contributed by atoms with Crippen molar-refractivity contribution in [2.45, 2.75) is 13.8 Å². The molecule has 1 heterocycles. The quantitative estimate of drug-likeness (QED) is 0.779. The van der Waals surface area contributed by atoms with Crippen LogP contribution in [0.4, 0.5) is 10.1 Å². The second kappa shape index (κ2) is 5.70. The first-order valence-electron chi connectivity index (χ1n) is 6.69. The minimum absolute atomic E-state index is 0.199. The summed E-state index contributed by atoms with van der Waals surface area (Å²) in [6.07, 6.45) is 1.03. The van der Waals surface area contributed by atoms with Crippen LogP contribution in [0, 0.1) is 11.2 Å². The molecule has 0 radical (unpaired) electrons. The van der Waals surface area contributed by atoms with E-state index in [1.54, 1.807) is 0 Å². The van der Waals surface area contributed by atoms with Crippen LogP contribution in [0.5, 0.6) is 0 Å². The molecule has 104 valence electrons. The van der Waals surface area contributed by atoms with Gasteiger partial charge in [-0.1, -0.05) is 13.8 Å². The van der Waals surface area contributed by atoms with Gasteiger partial charge in [0, 0.05) is 43.8 Å². The van der Waals surface area contributed by atoms with Crippen LogP contribution in [0.3, 0.4) is 0 Å². The summed E-state index contributed by atoms with van der Waals surface area (Å²) in [7, 11) is 0. The zero-order valence-electron chi connectivity index (χ0n) is 11.6. The lowest BCUT2D eigenvalue weighted by molar-refractivity contribution is -0.115. The van der Waals surface area contributed by atoms with Crippen LogP contribution in [-0.4, -0.2) is 43.9 Å². The molecule has 1 aromatic carbocycles. The van der Waals surface area contributed by atoms with Crippen LogP contribution >= 0.6 is 0 Å². The average Bonchev–Trinajstić information content (AvgIpc) is 2.40. The monoisotopic (exact) mass is 264 g/mol. The Morgan fingerprint density at radius 3 is 2.26 bits per heavy atom. The van der Waals surface area contributed by atoms with Crippen molar-refractivity contribution >= 4 is 12.0 Å². The minimum atomic E-state index is -0.280. The summed E-state index contributed by atoms with van der Waals surface area (Å²) in [6, 6.07) is 6.63. The third kappa shape index (κ3) is 3.77. The summed E-state index contributed by atoms with van der Waals surface area (Å²) in [6.45, 7) is 8.44. The molecule has 0 unspecified atom stereocenters. The summed E-state index contributed by atoms with van der Waals surface area (Å²) in [4.78, 5) is 15.5. The number of hydrogen-bond acceptors (Lipinski definition) is 3. The molecule has 1 aliphatic rings. The van der Waals surface area contributed by atoms with E-state index in [1.165, 1.54) is 12.1 Å². The molecule has 0 amide bonds. The van der Waals surface area contributed by atoms with Crippen molar-refractivity contribution in [3.8, 4) is 0 Å². The number of nitrogens with zero attached hydrogens (tertiary/aromatic N) is 2. The van der Waals surface area contributed by atoms with Crippen LogP contribution in [0.1, 0.15) is 13.8 Å². The van der Waals surface area contributed by atoms with Gasteiger partial charge in [-0.15, -0.1) is 0 Å². The largest absolute Gasteiger partial charge is 0.369 e. The van der Waals surface area contributed by atoms with Gasteiger partial charge in [0.1, 0.15) is 12.1 Å². The summed E-state index contributed by atoms with van der Waals surface area (Å²) in [5, 5.41) is 0. The number of aldehydes is 1. The Labute approximate surface area is 114 Å². The number of hydrogen-bond donors (Lipinski definition) is 0. The number of piperazine rings is 1. The second-order valence-electron chi connectivity index (χ2n) is 5.85. The van der Waals surface area contributed by atoms with Gasteiger partial charge >= 0.3 is 0 Å². The SMILES string of the molecule is CC(C)(C=O)CN1CCN(c2ccc(F)cc2)CC1. The van der Waals surface area contributed by atoms with Crippen LogP contribution in [0.25, 0.3) is 0 Å². The average molecular weight is 264 g/mol. The van der Waals surface area contributed by atoms with E-state index in [0.29, 0.717) is 0 Å². The highest BCUT2D eigenvalue weighted by Gasteiger charge is 2.24. The molecule has 0 saturated carbocycles. The van der Waals surface area contributed by atoms with E-state index in [4.69, 9.17) is 0 Å². The van der Waals surface area contributed by atoms with Crippen LogP contribution < -0.4 is 4.90 Å². The first-order chi connectivity index (χ1) is 9.00. The Balaban J connectivity index is 1.89. The number of anilines is 1. The van der Waals surface area contributed by atoms with Gasteiger partial charge in [-0.05, 0) is 24.3 Å². The van der Waals surface area contributed by atoms with Crippen molar-refractivity contribution in [2.75, 3.05) is 37.6 Å². The van der Waals surface area contributed by atoms with Gasteiger partial charge in [-0.2, -0.15) is 0 Å². The molecule has 0 atom stereocenters. The number of halogens is 1. The zero-order valence-corrected chi connectivity index (χ0v) is 11.6. The molecule has 0 aliphatic carbocycles. The third-order valence-electron chi connectivity index (χ3n) is 3.51. The summed E-state index contributed by atoms with van der Waals surface area (Å²) >= 11 is 0. The molecule has 2 rings (SSSR count). The highest BCUT2D eigenvalue weighted by molar-refractivity contribution is 5.58. The van der Waals surface area contributed by atoms with Crippen molar-refractivity contribution in [3.63, 3.8) is 0 Å². The van der Waals surface area contributed by atoms with Crippen molar-refractivity contribution in [1.82, 2.24) is 4.90 Å². The smallest absolute Gasteiger partial charge is 0.126 e. The van der Waals surface area contributed by atoms with Crippen molar-refractivity contribution < 1.29 is 9.18 Å². The summed E-state index contributed by atoms with van der Waals surface area (Å²) in [5.41, 5.74) is 0.786. The fourth-order valence-electron chi connectivity index (χ4n) is 2.43. The standard InChI is InChI=1S/C15H21FN2O/c1-15(2,12-19)11-17-7-9-18(10-8-17)14-5-3-13(16)4-6-14/h3-6,12H,7-11H2,1-2H3. The predicted octanol–water partition coefficient (Wildman–Crippen LogP) is 2.17. The van der Waals surface area contributed by atoms with Gasteiger partial charge in [0.15, 0.2) is 0 Å². The van der Waals surface area contributed by atoms with E-state index in [-0.39, 0.29) is 11.2 Å². The van der Waals surface area contributed by atoms with E-state index in [9.17, 15) is 9.18 Å². The fraction of sp³-hybridized carbons (Fsp3) is 0.533. The zero-order chi connectivity index (χ0) is 13.9. The molecule has 1 saturated heterocycles. The highest BCUT2D eigenvalue weighted by Crippen LogP contribution is 2.19. The first-order valence-corrected chi connectivity index (χ1v) is 6.69. The summed E-state index contributed by atoms with van der Waals surface area (Å²) < 4.78 is 12.9.